The molecule has 2 bridgehead atoms. The first-order valence-electron chi connectivity index (χ1n) is 12.1. The van der Waals surface area contributed by atoms with Crippen LogP contribution in [0.25, 0.3) is 5.76 Å². The second-order valence-electron chi connectivity index (χ2n) is 11.4. The molecule has 0 amide bonds. The minimum absolute atomic E-state index is 0.0104. The van der Waals surface area contributed by atoms with Crippen LogP contribution in [0.3, 0.4) is 0 Å². The molecule has 0 aliphatic heterocycles. The lowest BCUT2D eigenvalue weighted by atomic mass is 9.62. The van der Waals surface area contributed by atoms with Crippen molar-refractivity contribution in [3.63, 3.8) is 0 Å². The zero-order valence-electron chi connectivity index (χ0n) is 20.1. The third-order valence-corrected chi connectivity index (χ3v) is 11.1. The molecular weight excluding hydrogens is 420 g/mol. The third-order valence-electron chi connectivity index (χ3n) is 8.34. The molecule has 2 fully saturated rings. The Morgan fingerprint density at radius 1 is 1.25 bits per heavy atom. The fourth-order valence-electron chi connectivity index (χ4n) is 7.24. The molecule has 0 spiro atoms. The van der Waals surface area contributed by atoms with Crippen molar-refractivity contribution < 1.29 is 19.2 Å². The molecule has 174 valence electrons. The number of aliphatic hydroxyl groups is 1. The van der Waals surface area contributed by atoms with Gasteiger partial charge in [-0.2, -0.15) is 0 Å². The molecule has 1 heterocycles. The summed E-state index contributed by atoms with van der Waals surface area (Å²) >= 11 is 0. The fraction of sp³-hybridized carbons (Fsp3) is 0.680. The Kier molecular flexibility index (Phi) is 5.21. The molecule has 32 heavy (non-hydrogen) atoms. The highest BCUT2D eigenvalue weighted by Crippen LogP contribution is 2.65. The van der Waals surface area contributed by atoms with Crippen molar-refractivity contribution >= 4 is 19.6 Å². The van der Waals surface area contributed by atoms with Gasteiger partial charge in [-0.25, -0.2) is 0 Å². The van der Waals surface area contributed by atoms with Crippen molar-refractivity contribution in [1.82, 2.24) is 10.1 Å². The van der Waals surface area contributed by atoms with Crippen LogP contribution in [0.15, 0.2) is 22.2 Å². The number of carbonyl (C=O) groups is 1. The molecule has 6 nitrogen and oxygen atoms in total. The molecule has 0 aromatic carbocycles. The molecular formula is C25H36N2O4Si. The van der Waals surface area contributed by atoms with Gasteiger partial charge < -0.3 is 14.4 Å². The van der Waals surface area contributed by atoms with E-state index in [2.05, 4.69) is 48.8 Å². The Hall–Kier alpha value is -1.86. The first-order chi connectivity index (χ1) is 15.2. The first kappa shape index (κ1) is 22.0. The topological polar surface area (TPSA) is 75.8 Å². The fourth-order valence-corrected chi connectivity index (χ4v) is 10.2. The summed E-state index contributed by atoms with van der Waals surface area (Å²) in [5, 5.41) is 15.6. The van der Waals surface area contributed by atoms with E-state index < -0.39 is 8.07 Å². The Morgan fingerprint density at radius 3 is 2.62 bits per heavy atom. The SMILES string of the molecule is CCCCOc1noc2c1C(O)=C1C(=O)[C@H]3[C@@H](C[C@H]1[C@H]2N(C)C)[C@H]1C=C[C@@H]3C1[Si](C)(C)C. The van der Waals surface area contributed by atoms with Crippen LogP contribution in [-0.4, -0.2) is 49.7 Å². The van der Waals surface area contributed by atoms with E-state index in [1.807, 2.05) is 14.1 Å². The summed E-state index contributed by atoms with van der Waals surface area (Å²) in [6.45, 7) is 9.90. The molecule has 4 aliphatic rings. The van der Waals surface area contributed by atoms with Crippen molar-refractivity contribution in [2.24, 2.45) is 29.6 Å². The van der Waals surface area contributed by atoms with Gasteiger partial charge in [0.2, 0.25) is 0 Å². The Balaban J connectivity index is 1.59. The van der Waals surface area contributed by atoms with Crippen molar-refractivity contribution in [1.29, 1.82) is 0 Å². The summed E-state index contributed by atoms with van der Waals surface area (Å²) in [6, 6.07) is -0.134. The standard InChI is InChI=1S/C25H36N2O4Si/c1-7-8-11-30-25-19-22(29)18-16(20(27(2)3)23(19)31-26-25)12-15-13-9-10-14(17(15)21(18)28)24(13)32(4,5)6/h9-10,13-17,20,24,29H,7-8,11-12H2,1-6H3/t13-,14+,15+,16-,17-,20-,24?/m1/s1. The number of unbranched alkanes of at least 4 members (excludes halogenated alkanes) is 1. The van der Waals surface area contributed by atoms with Crippen LogP contribution in [-0.2, 0) is 4.79 Å². The highest BCUT2D eigenvalue weighted by molar-refractivity contribution is 6.77. The quantitative estimate of drug-likeness (QED) is 0.365. The number of ether oxygens (including phenoxy) is 1. The van der Waals surface area contributed by atoms with Gasteiger partial charge in [0.25, 0.3) is 5.88 Å². The van der Waals surface area contributed by atoms with Gasteiger partial charge in [-0.3, -0.25) is 9.69 Å². The largest absolute Gasteiger partial charge is 0.507 e. The van der Waals surface area contributed by atoms with Crippen molar-refractivity contribution in [3.8, 4) is 5.88 Å². The molecule has 1 aromatic rings. The zero-order chi connectivity index (χ0) is 22.9. The Bertz CT molecular complexity index is 989. The minimum Gasteiger partial charge on any atom is -0.507 e. The van der Waals surface area contributed by atoms with Crippen LogP contribution in [0.1, 0.15) is 43.6 Å². The molecule has 5 rings (SSSR count). The highest BCUT2D eigenvalue weighted by atomic mass is 28.3. The van der Waals surface area contributed by atoms with Crippen molar-refractivity contribution in [2.45, 2.75) is 57.4 Å². The van der Waals surface area contributed by atoms with E-state index in [-0.39, 0.29) is 29.4 Å². The summed E-state index contributed by atoms with van der Waals surface area (Å²) in [7, 11) is 2.58. The number of ketones is 1. The maximum absolute atomic E-state index is 14.0. The van der Waals surface area contributed by atoms with Crippen LogP contribution >= 0.6 is 0 Å². The van der Waals surface area contributed by atoms with Gasteiger partial charge in [0.15, 0.2) is 11.5 Å². The molecule has 0 radical (unpaired) electrons. The van der Waals surface area contributed by atoms with Crippen LogP contribution in [0.4, 0.5) is 0 Å². The number of allylic oxidation sites excluding steroid dienone is 2. The highest BCUT2D eigenvalue weighted by Gasteiger charge is 2.62. The van der Waals surface area contributed by atoms with Gasteiger partial charge in [0.05, 0.1) is 12.6 Å². The number of aromatic nitrogens is 1. The number of rotatable bonds is 6. The molecule has 1 N–H and O–H groups in total. The molecule has 0 saturated heterocycles. The number of carbonyl (C=O) groups excluding carboxylic acids is 1. The summed E-state index contributed by atoms with van der Waals surface area (Å²) in [6.07, 6.45) is 7.50. The predicted octanol–water partition coefficient (Wildman–Crippen LogP) is 5.08. The Labute approximate surface area is 191 Å². The number of hydrogen-bond donors (Lipinski definition) is 1. The second kappa shape index (κ2) is 7.59. The predicted molar refractivity (Wildman–Crippen MR) is 126 cm³/mol. The van der Waals surface area contributed by atoms with Gasteiger partial charge in [-0.1, -0.05) is 45.1 Å². The normalized spacial score (nSPS) is 35.3. The molecule has 1 unspecified atom stereocenters. The minimum atomic E-state index is -1.44. The number of nitrogens with zero attached hydrogens (tertiary/aromatic N) is 2. The van der Waals surface area contributed by atoms with Crippen LogP contribution in [0.5, 0.6) is 5.88 Å². The Morgan fingerprint density at radius 2 is 1.97 bits per heavy atom. The molecule has 7 atom stereocenters. The van der Waals surface area contributed by atoms with Crippen LogP contribution in [0, 0.1) is 29.6 Å². The van der Waals surface area contributed by atoms with Gasteiger partial charge >= 0.3 is 0 Å². The summed E-state index contributed by atoms with van der Waals surface area (Å²) in [5.74, 6) is 2.16. The summed E-state index contributed by atoms with van der Waals surface area (Å²) in [5.41, 5.74) is 1.67. The van der Waals surface area contributed by atoms with Crippen LogP contribution in [0.2, 0.25) is 25.2 Å². The van der Waals surface area contributed by atoms with E-state index in [0.29, 0.717) is 52.7 Å². The van der Waals surface area contributed by atoms with E-state index in [1.54, 1.807) is 0 Å². The lowest BCUT2D eigenvalue weighted by molar-refractivity contribution is -0.124. The van der Waals surface area contributed by atoms with E-state index in [1.165, 1.54) is 0 Å². The molecule has 7 heteroatoms. The second-order valence-corrected chi connectivity index (χ2v) is 16.8. The van der Waals surface area contributed by atoms with Gasteiger partial charge in [0.1, 0.15) is 11.3 Å². The number of fused-ring (bicyclic) bond motifs is 7. The van der Waals surface area contributed by atoms with Crippen LogP contribution < -0.4 is 4.74 Å². The zero-order valence-corrected chi connectivity index (χ0v) is 21.1. The van der Waals surface area contributed by atoms with Crippen molar-refractivity contribution in [3.05, 3.63) is 29.0 Å². The lowest BCUT2D eigenvalue weighted by Crippen LogP contribution is -2.44. The van der Waals surface area contributed by atoms with Gasteiger partial charge in [-0.05, 0) is 55.4 Å². The summed E-state index contributed by atoms with van der Waals surface area (Å²) < 4.78 is 11.6. The molecule has 4 aliphatic carbocycles. The molecule has 1 aromatic heterocycles. The monoisotopic (exact) mass is 456 g/mol. The van der Waals surface area contributed by atoms with E-state index in [0.717, 1.165) is 19.3 Å². The van der Waals surface area contributed by atoms with Gasteiger partial charge in [0, 0.05) is 25.5 Å². The van der Waals surface area contributed by atoms with Gasteiger partial charge in [-0.15, -0.1) is 0 Å². The first-order valence-corrected chi connectivity index (χ1v) is 15.7. The molecule has 2 saturated carbocycles. The third kappa shape index (κ3) is 3.00. The van der Waals surface area contributed by atoms with Crippen molar-refractivity contribution in [2.75, 3.05) is 20.7 Å². The lowest BCUT2D eigenvalue weighted by Gasteiger charge is -2.43. The average Bonchev–Trinajstić information content (AvgIpc) is 3.40. The average molecular weight is 457 g/mol. The van der Waals surface area contributed by atoms with E-state index >= 15 is 0 Å². The van der Waals surface area contributed by atoms with E-state index in [9.17, 15) is 9.90 Å². The maximum atomic E-state index is 14.0. The van der Waals surface area contributed by atoms with E-state index in [4.69, 9.17) is 9.26 Å². The number of aliphatic hydroxyl groups excluding tert-OH is 1. The number of hydrogen-bond acceptors (Lipinski definition) is 6. The number of Topliss-reactive ketones (excluding diaryl/α,β-unsaturated/α-hetero) is 1. The maximum Gasteiger partial charge on any atom is 0.265 e. The summed E-state index contributed by atoms with van der Waals surface area (Å²) in [4.78, 5) is 16.1. The smallest absolute Gasteiger partial charge is 0.265 e.